The summed E-state index contributed by atoms with van der Waals surface area (Å²) in [5, 5.41) is 2.23. The number of rotatable bonds is 2. The topological polar surface area (TPSA) is 0 Å². The third kappa shape index (κ3) is 3.47. The van der Waals surface area contributed by atoms with Crippen LogP contribution in [0.25, 0.3) is 22.3 Å². The lowest BCUT2D eigenvalue weighted by atomic mass is 10.0. The summed E-state index contributed by atoms with van der Waals surface area (Å²) in [4.78, 5) is 0. The van der Waals surface area contributed by atoms with Gasteiger partial charge in [0.1, 0.15) is 0 Å². The van der Waals surface area contributed by atoms with E-state index < -0.39 is 0 Å². The monoisotopic (exact) mass is 400 g/mol. The molecule has 0 saturated carbocycles. The molecule has 3 aromatic carbocycles. The Kier molecular flexibility index (Phi) is 5.10. The average molecular weight is 403 g/mol. The van der Waals surface area contributed by atoms with E-state index in [2.05, 4.69) is 0 Å². The lowest BCUT2D eigenvalue weighted by Gasteiger charge is -2.11. The molecule has 0 aliphatic heterocycles. The van der Waals surface area contributed by atoms with Crippen molar-refractivity contribution in [2.45, 2.75) is 0 Å². The van der Waals surface area contributed by atoms with Gasteiger partial charge in [0.15, 0.2) is 0 Å². The number of hydrogen-bond donors (Lipinski definition) is 0. The minimum Gasteiger partial charge on any atom is -0.0843 e. The molecule has 0 saturated heterocycles. The molecule has 0 aliphatic rings. The third-order valence-electron chi connectivity index (χ3n) is 3.46. The molecule has 0 atom stereocenters. The Labute approximate surface area is 159 Å². The second-order valence-corrected chi connectivity index (χ2v) is 6.93. The molecule has 3 aromatic rings. The minimum atomic E-state index is 0.373. The van der Waals surface area contributed by atoms with E-state index in [-0.39, 0.29) is 0 Å². The lowest BCUT2D eigenvalue weighted by molar-refractivity contribution is 1.59. The van der Waals surface area contributed by atoms with Gasteiger partial charge in [-0.25, -0.2) is 0 Å². The van der Waals surface area contributed by atoms with Gasteiger partial charge in [0, 0.05) is 10.6 Å². The van der Waals surface area contributed by atoms with Crippen LogP contribution in [0, 0.1) is 0 Å². The van der Waals surface area contributed by atoms with Crippen molar-refractivity contribution in [1.29, 1.82) is 0 Å². The van der Waals surface area contributed by atoms with Crippen LogP contribution in [-0.4, -0.2) is 0 Å². The molecule has 3 rings (SSSR count). The summed E-state index contributed by atoms with van der Waals surface area (Å²) in [5.41, 5.74) is 3.61. The average Bonchev–Trinajstić information content (AvgIpc) is 2.55. The lowest BCUT2D eigenvalue weighted by Crippen LogP contribution is -1.85. The Balaban J connectivity index is 2.05. The second-order valence-electron chi connectivity index (χ2n) is 4.93. The van der Waals surface area contributed by atoms with Crippen LogP contribution in [0.2, 0.25) is 25.1 Å². The zero-order valence-corrected chi connectivity index (χ0v) is 15.4. The fourth-order valence-electron chi connectivity index (χ4n) is 2.30. The summed E-state index contributed by atoms with van der Waals surface area (Å²) >= 11 is 30.7. The van der Waals surface area contributed by atoms with Gasteiger partial charge >= 0.3 is 0 Å². The standard InChI is InChI=1S/C18H9Cl5/c19-13-7-5-11(6-8-13)10-1-3-12(4-2-10)16-17(22)14(20)9-15(21)18(16)23/h1-9H. The smallest absolute Gasteiger partial charge is 0.0686 e. The van der Waals surface area contributed by atoms with Crippen molar-refractivity contribution in [2.24, 2.45) is 0 Å². The van der Waals surface area contributed by atoms with Gasteiger partial charge in [0.05, 0.1) is 20.1 Å². The van der Waals surface area contributed by atoms with Crippen LogP contribution < -0.4 is 0 Å². The van der Waals surface area contributed by atoms with E-state index >= 15 is 0 Å². The van der Waals surface area contributed by atoms with Crippen LogP contribution in [0.1, 0.15) is 0 Å². The molecule has 0 amide bonds. The summed E-state index contributed by atoms with van der Waals surface area (Å²) in [6, 6.07) is 17.0. The molecule has 0 radical (unpaired) electrons. The van der Waals surface area contributed by atoms with Gasteiger partial charge < -0.3 is 0 Å². The van der Waals surface area contributed by atoms with Crippen LogP contribution >= 0.6 is 58.0 Å². The second kappa shape index (κ2) is 6.93. The highest BCUT2D eigenvalue weighted by Crippen LogP contribution is 2.43. The van der Waals surface area contributed by atoms with Crippen molar-refractivity contribution in [2.75, 3.05) is 0 Å². The van der Waals surface area contributed by atoms with E-state index in [4.69, 9.17) is 58.0 Å². The van der Waals surface area contributed by atoms with Crippen LogP contribution in [-0.2, 0) is 0 Å². The maximum absolute atomic E-state index is 6.29. The van der Waals surface area contributed by atoms with Gasteiger partial charge in [-0.05, 0) is 34.9 Å². The highest BCUT2D eigenvalue weighted by atomic mass is 35.5. The summed E-state index contributed by atoms with van der Waals surface area (Å²) in [5.74, 6) is 0. The maximum Gasteiger partial charge on any atom is 0.0686 e. The van der Waals surface area contributed by atoms with E-state index in [0.717, 1.165) is 16.7 Å². The highest BCUT2D eigenvalue weighted by molar-refractivity contribution is 6.50. The zero-order chi connectivity index (χ0) is 16.6. The van der Waals surface area contributed by atoms with Crippen LogP contribution in [0.4, 0.5) is 0 Å². The van der Waals surface area contributed by atoms with E-state index in [0.29, 0.717) is 30.7 Å². The zero-order valence-electron chi connectivity index (χ0n) is 11.6. The summed E-state index contributed by atoms with van der Waals surface area (Å²) in [6.45, 7) is 0. The Hall–Kier alpha value is -0.890. The summed E-state index contributed by atoms with van der Waals surface area (Å²) in [6.07, 6.45) is 0. The molecule has 0 spiro atoms. The largest absolute Gasteiger partial charge is 0.0843 e. The molecule has 23 heavy (non-hydrogen) atoms. The molecule has 5 heteroatoms. The molecule has 0 fully saturated rings. The Morgan fingerprint density at radius 3 is 1.35 bits per heavy atom. The van der Waals surface area contributed by atoms with Crippen molar-refractivity contribution in [1.82, 2.24) is 0 Å². The van der Waals surface area contributed by atoms with E-state index in [1.165, 1.54) is 0 Å². The highest BCUT2D eigenvalue weighted by Gasteiger charge is 2.15. The molecular weight excluding hydrogens is 393 g/mol. The first kappa shape index (κ1) is 17.0. The predicted molar refractivity (Wildman–Crippen MR) is 102 cm³/mol. The van der Waals surface area contributed by atoms with Gasteiger partial charge in [-0.2, -0.15) is 0 Å². The first-order chi connectivity index (χ1) is 11.0. The van der Waals surface area contributed by atoms with Crippen molar-refractivity contribution in [3.05, 3.63) is 79.7 Å². The molecule has 0 nitrogen and oxygen atoms in total. The Morgan fingerprint density at radius 1 is 0.478 bits per heavy atom. The summed E-state index contributed by atoms with van der Waals surface area (Å²) in [7, 11) is 0. The Morgan fingerprint density at radius 2 is 0.870 bits per heavy atom. The summed E-state index contributed by atoms with van der Waals surface area (Å²) < 4.78 is 0. The molecule has 0 N–H and O–H groups in total. The van der Waals surface area contributed by atoms with Crippen LogP contribution in [0.5, 0.6) is 0 Å². The van der Waals surface area contributed by atoms with Gasteiger partial charge in [-0.1, -0.05) is 94.4 Å². The van der Waals surface area contributed by atoms with Gasteiger partial charge in [0.2, 0.25) is 0 Å². The molecule has 116 valence electrons. The fraction of sp³-hybridized carbons (Fsp3) is 0. The molecule has 0 unspecified atom stereocenters. The number of halogens is 5. The molecule has 0 bridgehead atoms. The van der Waals surface area contributed by atoms with Gasteiger partial charge in [0.25, 0.3) is 0 Å². The van der Waals surface area contributed by atoms with Crippen molar-refractivity contribution < 1.29 is 0 Å². The minimum absolute atomic E-state index is 0.373. The van der Waals surface area contributed by atoms with E-state index in [9.17, 15) is 0 Å². The number of benzene rings is 3. The SMILES string of the molecule is Clc1ccc(-c2ccc(-c3c(Cl)c(Cl)cc(Cl)c3Cl)cc2)cc1. The fourth-order valence-corrected chi connectivity index (χ4v) is 3.45. The number of hydrogen-bond acceptors (Lipinski definition) is 0. The van der Waals surface area contributed by atoms with Gasteiger partial charge in [-0.3, -0.25) is 0 Å². The van der Waals surface area contributed by atoms with Crippen LogP contribution in [0.3, 0.4) is 0 Å². The predicted octanol–water partition coefficient (Wildman–Crippen LogP) is 8.29. The van der Waals surface area contributed by atoms with Crippen molar-refractivity contribution in [3.63, 3.8) is 0 Å². The van der Waals surface area contributed by atoms with Crippen molar-refractivity contribution in [3.8, 4) is 22.3 Å². The van der Waals surface area contributed by atoms with E-state index in [1.54, 1.807) is 6.07 Å². The first-order valence-corrected chi connectivity index (χ1v) is 8.55. The van der Waals surface area contributed by atoms with Gasteiger partial charge in [-0.15, -0.1) is 0 Å². The van der Waals surface area contributed by atoms with E-state index in [1.807, 2.05) is 48.5 Å². The van der Waals surface area contributed by atoms with Crippen molar-refractivity contribution >= 4 is 58.0 Å². The van der Waals surface area contributed by atoms with Crippen LogP contribution in [0.15, 0.2) is 54.6 Å². The molecular formula is C18H9Cl5. The third-order valence-corrected chi connectivity index (χ3v) is 5.29. The first-order valence-electron chi connectivity index (χ1n) is 6.66. The Bertz CT molecular complexity index is 826. The molecule has 0 heterocycles. The maximum atomic E-state index is 6.29. The molecule has 0 aliphatic carbocycles. The molecule has 0 aromatic heterocycles. The quantitative estimate of drug-likeness (QED) is 0.378. The normalized spacial score (nSPS) is 10.8.